The molecule has 0 fully saturated rings. The van der Waals surface area contributed by atoms with Crippen LogP contribution in [0.1, 0.15) is 125 Å². The van der Waals surface area contributed by atoms with Crippen LogP contribution in [0.4, 0.5) is 0 Å². The predicted octanol–water partition coefficient (Wildman–Crippen LogP) is 21.0. The first-order valence-corrected chi connectivity index (χ1v) is 28.7. The van der Waals surface area contributed by atoms with Gasteiger partial charge in [-0.15, -0.1) is 0 Å². The molecule has 79 heavy (non-hydrogen) atoms. The van der Waals surface area contributed by atoms with Gasteiger partial charge in [-0.05, 0) is 215 Å². The van der Waals surface area contributed by atoms with E-state index in [1.165, 1.54) is 167 Å². The molecule has 0 amide bonds. The van der Waals surface area contributed by atoms with Crippen LogP contribution in [0, 0.1) is 0 Å². The first kappa shape index (κ1) is 46.7. The Morgan fingerprint density at radius 2 is 0.456 bits per heavy atom. The summed E-state index contributed by atoms with van der Waals surface area (Å²) in [5, 5.41) is 2.64. The van der Waals surface area contributed by atoms with Gasteiger partial charge in [-0.1, -0.05) is 227 Å². The topological polar surface area (TPSA) is 0 Å². The zero-order chi connectivity index (χ0) is 53.9. The Labute approximate surface area is 466 Å². The van der Waals surface area contributed by atoms with Crippen molar-refractivity contribution < 1.29 is 0 Å². The van der Waals surface area contributed by atoms with Crippen LogP contribution in [0.3, 0.4) is 0 Å². The van der Waals surface area contributed by atoms with E-state index < -0.39 is 0 Å². The number of rotatable bonds is 4. The van der Waals surface area contributed by atoms with Crippen molar-refractivity contribution in [3.63, 3.8) is 0 Å². The molecular formula is C79H64. The normalized spacial score (nSPS) is 16.7. The van der Waals surface area contributed by atoms with Gasteiger partial charge in [0.2, 0.25) is 0 Å². The Kier molecular flexibility index (Phi) is 9.16. The molecule has 0 heterocycles. The minimum Gasteiger partial charge on any atom is -0.0619 e. The van der Waals surface area contributed by atoms with Gasteiger partial charge < -0.3 is 0 Å². The Morgan fingerprint density at radius 3 is 0.911 bits per heavy atom. The van der Waals surface area contributed by atoms with Crippen molar-refractivity contribution in [3.8, 4) is 100 Å². The average molecular weight is 1010 g/mol. The van der Waals surface area contributed by atoms with E-state index in [4.69, 9.17) is 0 Å². The fraction of sp³-hybridized carbons (Fsp3) is 0.190. The molecule has 0 aliphatic heterocycles. The van der Waals surface area contributed by atoms with E-state index in [1.54, 1.807) is 0 Å². The van der Waals surface area contributed by atoms with E-state index in [9.17, 15) is 0 Å². The second kappa shape index (κ2) is 15.5. The van der Waals surface area contributed by atoms with Gasteiger partial charge in [-0.25, -0.2) is 0 Å². The highest BCUT2D eigenvalue weighted by Crippen LogP contribution is 2.61. The Bertz CT molecular complexity index is 4520. The molecule has 16 rings (SSSR count). The van der Waals surface area contributed by atoms with Crippen LogP contribution in [-0.2, 0) is 27.1 Å². The first-order valence-electron chi connectivity index (χ1n) is 28.7. The molecule has 0 saturated heterocycles. The van der Waals surface area contributed by atoms with Crippen LogP contribution in [0.2, 0.25) is 0 Å². The van der Waals surface area contributed by atoms with Gasteiger partial charge in [0.15, 0.2) is 0 Å². The molecule has 5 aliphatic rings. The molecule has 0 aromatic heterocycles. The molecule has 0 bridgehead atoms. The monoisotopic (exact) mass is 1010 g/mol. The van der Waals surface area contributed by atoms with Gasteiger partial charge in [0.05, 0.1) is 0 Å². The lowest BCUT2D eigenvalue weighted by Gasteiger charge is -2.25. The number of fused-ring (bicyclic) bond motifs is 17. The van der Waals surface area contributed by atoms with Gasteiger partial charge in [-0.3, -0.25) is 0 Å². The van der Waals surface area contributed by atoms with Crippen molar-refractivity contribution in [2.75, 3.05) is 0 Å². The van der Waals surface area contributed by atoms with E-state index in [-0.39, 0.29) is 27.1 Å². The zero-order valence-electron chi connectivity index (χ0n) is 47.1. The Balaban J connectivity index is 0.724. The molecular weight excluding hydrogens is 949 g/mol. The quantitative estimate of drug-likeness (QED) is 0.165. The molecule has 0 N–H and O–H groups in total. The van der Waals surface area contributed by atoms with Gasteiger partial charge in [0, 0.05) is 27.1 Å². The molecule has 5 aliphatic carbocycles. The summed E-state index contributed by atoms with van der Waals surface area (Å²) in [4.78, 5) is 0. The summed E-state index contributed by atoms with van der Waals surface area (Å²) >= 11 is 0. The lowest BCUT2D eigenvalue weighted by atomic mass is 9.78. The van der Waals surface area contributed by atoms with Crippen LogP contribution < -0.4 is 0 Å². The second-order valence-corrected chi connectivity index (χ2v) is 26.4. The van der Waals surface area contributed by atoms with Crippen molar-refractivity contribution in [1.29, 1.82) is 0 Å². The molecule has 0 saturated carbocycles. The molecule has 11 aromatic carbocycles. The summed E-state index contributed by atoms with van der Waals surface area (Å²) in [7, 11) is 0. The maximum absolute atomic E-state index is 2.60. The molecule has 0 unspecified atom stereocenters. The van der Waals surface area contributed by atoms with E-state index in [0.717, 1.165) is 0 Å². The van der Waals surface area contributed by atoms with E-state index >= 15 is 0 Å². The Morgan fingerprint density at radius 1 is 0.177 bits per heavy atom. The molecule has 0 atom stereocenters. The summed E-state index contributed by atoms with van der Waals surface area (Å²) in [6.45, 7) is 24.2. The number of benzene rings is 11. The maximum Gasteiger partial charge on any atom is 0.0159 e. The van der Waals surface area contributed by atoms with Gasteiger partial charge in [0.1, 0.15) is 0 Å². The van der Waals surface area contributed by atoms with Gasteiger partial charge in [0.25, 0.3) is 0 Å². The van der Waals surface area contributed by atoms with E-state index in [0.29, 0.717) is 0 Å². The molecule has 0 radical (unpaired) electrons. The third-order valence-corrected chi connectivity index (χ3v) is 20.5. The lowest BCUT2D eigenvalue weighted by molar-refractivity contribution is 0.649. The van der Waals surface area contributed by atoms with E-state index in [1.807, 2.05) is 0 Å². The minimum atomic E-state index is -0.203. The second-order valence-electron chi connectivity index (χ2n) is 26.4. The van der Waals surface area contributed by atoms with Crippen LogP contribution in [0.25, 0.3) is 111 Å². The van der Waals surface area contributed by atoms with Crippen molar-refractivity contribution in [2.45, 2.75) is 96.3 Å². The Hall–Kier alpha value is -8.32. The number of hydrogen-bond acceptors (Lipinski definition) is 0. The lowest BCUT2D eigenvalue weighted by Crippen LogP contribution is -2.17. The van der Waals surface area contributed by atoms with E-state index in [2.05, 4.69) is 275 Å². The van der Waals surface area contributed by atoms with Crippen LogP contribution in [-0.4, -0.2) is 0 Å². The van der Waals surface area contributed by atoms with Gasteiger partial charge >= 0.3 is 0 Å². The van der Waals surface area contributed by atoms with Crippen LogP contribution >= 0.6 is 0 Å². The van der Waals surface area contributed by atoms with Crippen molar-refractivity contribution in [3.05, 3.63) is 262 Å². The highest BCUT2D eigenvalue weighted by Gasteiger charge is 2.46. The predicted molar refractivity (Wildman–Crippen MR) is 334 cm³/mol. The largest absolute Gasteiger partial charge is 0.0619 e. The summed E-state index contributed by atoms with van der Waals surface area (Å²) in [5.41, 5.74) is 37.5. The fourth-order valence-electron chi connectivity index (χ4n) is 15.9. The summed E-state index contributed by atoms with van der Waals surface area (Å²) in [6, 6.07) is 79.9. The summed E-state index contributed by atoms with van der Waals surface area (Å²) < 4.78 is 0. The van der Waals surface area contributed by atoms with Gasteiger partial charge in [-0.2, -0.15) is 0 Å². The highest BCUT2D eigenvalue weighted by atomic mass is 14.5. The van der Waals surface area contributed by atoms with Crippen LogP contribution in [0.15, 0.2) is 206 Å². The average Bonchev–Trinajstić information content (AvgIpc) is 4.30. The zero-order valence-corrected chi connectivity index (χ0v) is 47.1. The number of hydrogen-bond donors (Lipinski definition) is 0. The highest BCUT2D eigenvalue weighted by molar-refractivity contribution is 6.10. The SMILES string of the molecule is CC1(C)c2ccccc2-c2ccc(-c3ccc(-c4ccc5c(c4)C(C)(C)c4cc6c(cc4-5)C(C)(C)c4cc5c(cc4-6)C(C)(C)c4cc(-c6ccc(-c7ccc8c(c7)C(C)(C)c7ccccc7-8)cc6)c6ccccc6c4-5)cc3)cc21. The molecule has 0 nitrogen and oxygen atoms in total. The third-order valence-electron chi connectivity index (χ3n) is 20.5. The third kappa shape index (κ3) is 6.16. The van der Waals surface area contributed by atoms with Crippen LogP contribution in [0.5, 0.6) is 0 Å². The van der Waals surface area contributed by atoms with Crippen molar-refractivity contribution in [2.24, 2.45) is 0 Å². The van der Waals surface area contributed by atoms with Crippen molar-refractivity contribution >= 4 is 10.8 Å². The summed E-state index contributed by atoms with van der Waals surface area (Å²) in [5.74, 6) is 0. The molecule has 11 aromatic rings. The molecule has 380 valence electrons. The fourth-order valence-corrected chi connectivity index (χ4v) is 15.9. The summed E-state index contributed by atoms with van der Waals surface area (Å²) in [6.07, 6.45) is 0. The standard InChI is InChI=1S/C79H64/c1-75(2)64-21-15-13-18-53(64)55-34-31-49(37-66(55)75)45-23-25-46(26-24-45)51-33-36-57-60-41-70-61(42-69(60)77(5,6)68(57)39-51)62-43-72-63(44-71(62)78(70,7)8)74-58-20-12-11-17-52(58)59(40-73(74)79(72,9)10)48-29-27-47(28-30-48)50-32-35-56-54-19-14-16-22-65(54)76(3,4)67(56)38-50/h11-44H,1-10H3. The molecule has 0 spiro atoms. The maximum atomic E-state index is 2.60. The minimum absolute atomic E-state index is 0.0201. The van der Waals surface area contributed by atoms with Crippen molar-refractivity contribution in [1.82, 2.24) is 0 Å². The molecule has 0 heteroatoms. The smallest absolute Gasteiger partial charge is 0.0159 e. The first-order chi connectivity index (χ1) is 37.9.